The molecular formula is C21H26FN5O3. The molecule has 30 heavy (non-hydrogen) atoms. The van der Waals surface area contributed by atoms with Crippen LogP contribution in [-0.2, 0) is 4.74 Å². The SMILES string of the molecule is Cc1ccc(-n2nccn2)c(C(=O)N2CC[C@H]3CN(C(=O)OC(C)(C)C)[C@H]3C2)c1F. The molecule has 2 aliphatic heterocycles. The van der Waals surface area contributed by atoms with Crippen molar-refractivity contribution in [3.8, 4) is 5.69 Å². The highest BCUT2D eigenvalue weighted by atomic mass is 19.1. The number of carbonyl (C=O) groups excluding carboxylic acids is 2. The summed E-state index contributed by atoms with van der Waals surface area (Å²) in [6, 6.07) is 3.14. The van der Waals surface area contributed by atoms with Crippen LogP contribution in [0.25, 0.3) is 5.69 Å². The Morgan fingerprint density at radius 2 is 1.87 bits per heavy atom. The molecular weight excluding hydrogens is 389 g/mol. The number of aryl methyl sites for hydroxylation is 1. The third-order valence-electron chi connectivity index (χ3n) is 5.63. The topological polar surface area (TPSA) is 80.6 Å². The normalized spacial score (nSPS) is 21.1. The largest absolute Gasteiger partial charge is 0.444 e. The van der Waals surface area contributed by atoms with Crippen LogP contribution in [0.3, 0.4) is 0 Å². The van der Waals surface area contributed by atoms with E-state index in [1.807, 2.05) is 20.8 Å². The molecule has 1 aromatic carbocycles. The molecule has 2 amide bonds. The molecule has 0 aliphatic carbocycles. The molecule has 9 heteroatoms. The Bertz CT molecular complexity index is 970. The number of rotatable bonds is 2. The molecule has 0 saturated carbocycles. The molecule has 0 spiro atoms. The van der Waals surface area contributed by atoms with Gasteiger partial charge in [-0.15, -0.1) is 0 Å². The van der Waals surface area contributed by atoms with E-state index in [0.29, 0.717) is 36.8 Å². The highest BCUT2D eigenvalue weighted by Crippen LogP contribution is 2.35. The average Bonchev–Trinajstić information content (AvgIpc) is 3.17. The van der Waals surface area contributed by atoms with Crippen molar-refractivity contribution < 1.29 is 18.7 Å². The van der Waals surface area contributed by atoms with Gasteiger partial charge in [0.05, 0.1) is 18.4 Å². The van der Waals surface area contributed by atoms with Crippen LogP contribution in [-0.4, -0.2) is 68.1 Å². The summed E-state index contributed by atoms with van der Waals surface area (Å²) in [6.07, 6.45) is 3.34. The maximum Gasteiger partial charge on any atom is 0.410 e. The second kappa shape index (κ2) is 7.37. The number of hydrogen-bond donors (Lipinski definition) is 0. The van der Waals surface area contributed by atoms with E-state index in [2.05, 4.69) is 10.2 Å². The minimum Gasteiger partial charge on any atom is -0.444 e. The highest BCUT2D eigenvalue weighted by Gasteiger charge is 2.47. The van der Waals surface area contributed by atoms with Crippen molar-refractivity contribution in [2.24, 2.45) is 5.92 Å². The van der Waals surface area contributed by atoms with E-state index in [1.54, 1.807) is 28.9 Å². The summed E-state index contributed by atoms with van der Waals surface area (Å²) < 4.78 is 20.5. The van der Waals surface area contributed by atoms with Gasteiger partial charge in [0.15, 0.2) is 0 Å². The van der Waals surface area contributed by atoms with Crippen molar-refractivity contribution in [1.82, 2.24) is 24.8 Å². The molecule has 1 aromatic heterocycles. The quantitative estimate of drug-likeness (QED) is 0.754. The number of amides is 2. The van der Waals surface area contributed by atoms with Gasteiger partial charge in [-0.2, -0.15) is 15.0 Å². The number of ether oxygens (including phenoxy) is 1. The summed E-state index contributed by atoms with van der Waals surface area (Å²) in [6.45, 7) is 8.58. The van der Waals surface area contributed by atoms with Crippen molar-refractivity contribution in [3.05, 3.63) is 41.5 Å². The van der Waals surface area contributed by atoms with Crippen molar-refractivity contribution in [2.45, 2.75) is 45.8 Å². The summed E-state index contributed by atoms with van der Waals surface area (Å²) in [5.41, 5.74) is 0.0479. The number of likely N-dealkylation sites (tertiary alicyclic amines) is 2. The molecule has 2 saturated heterocycles. The lowest BCUT2D eigenvalue weighted by Gasteiger charge is -2.53. The molecule has 4 rings (SSSR count). The Kier molecular flexibility index (Phi) is 4.99. The van der Waals surface area contributed by atoms with Crippen LogP contribution >= 0.6 is 0 Å². The lowest BCUT2D eigenvalue weighted by molar-refractivity contribution is -0.0546. The average molecular weight is 415 g/mol. The van der Waals surface area contributed by atoms with Gasteiger partial charge in [-0.1, -0.05) is 6.07 Å². The van der Waals surface area contributed by atoms with E-state index in [-0.39, 0.29) is 17.7 Å². The van der Waals surface area contributed by atoms with Gasteiger partial charge in [0.25, 0.3) is 5.91 Å². The van der Waals surface area contributed by atoms with Crippen LogP contribution < -0.4 is 0 Å². The van der Waals surface area contributed by atoms with E-state index in [9.17, 15) is 9.59 Å². The molecule has 2 fully saturated rings. The van der Waals surface area contributed by atoms with Crippen LogP contribution in [0.2, 0.25) is 0 Å². The summed E-state index contributed by atoms with van der Waals surface area (Å²) in [5.74, 6) is -0.663. The van der Waals surface area contributed by atoms with Gasteiger partial charge in [-0.25, -0.2) is 9.18 Å². The van der Waals surface area contributed by atoms with E-state index < -0.39 is 17.3 Å². The number of aromatic nitrogens is 3. The first kappa shape index (κ1) is 20.3. The number of nitrogens with zero attached hydrogens (tertiary/aromatic N) is 5. The molecule has 0 unspecified atom stereocenters. The molecule has 0 N–H and O–H groups in total. The predicted octanol–water partition coefficient (Wildman–Crippen LogP) is 2.80. The number of piperidine rings is 1. The van der Waals surface area contributed by atoms with Gasteiger partial charge in [-0.05, 0) is 45.7 Å². The molecule has 3 heterocycles. The molecule has 8 nitrogen and oxygen atoms in total. The minimum absolute atomic E-state index is 0.0483. The second-order valence-electron chi connectivity index (χ2n) is 8.91. The maximum atomic E-state index is 15.0. The summed E-state index contributed by atoms with van der Waals surface area (Å²) >= 11 is 0. The minimum atomic E-state index is -0.581. The molecule has 2 aliphatic rings. The zero-order valence-electron chi connectivity index (χ0n) is 17.6. The fraction of sp³-hybridized carbons (Fsp3) is 0.524. The number of halogens is 1. The van der Waals surface area contributed by atoms with E-state index in [1.165, 1.54) is 17.2 Å². The van der Waals surface area contributed by atoms with E-state index in [4.69, 9.17) is 4.74 Å². The fourth-order valence-electron chi connectivity index (χ4n) is 4.05. The van der Waals surface area contributed by atoms with Gasteiger partial charge in [0, 0.05) is 25.6 Å². The Hall–Kier alpha value is -2.97. The zero-order valence-corrected chi connectivity index (χ0v) is 17.6. The zero-order chi connectivity index (χ0) is 21.6. The highest BCUT2D eigenvalue weighted by molar-refractivity contribution is 5.98. The number of benzene rings is 1. The summed E-state index contributed by atoms with van der Waals surface area (Å²) in [4.78, 5) is 30.4. The first-order valence-electron chi connectivity index (χ1n) is 10.1. The van der Waals surface area contributed by atoms with Crippen LogP contribution in [0.15, 0.2) is 24.5 Å². The molecule has 0 bridgehead atoms. The van der Waals surface area contributed by atoms with Gasteiger partial charge < -0.3 is 14.5 Å². The molecule has 2 aromatic rings. The summed E-state index contributed by atoms with van der Waals surface area (Å²) in [7, 11) is 0. The number of hydrogen-bond acceptors (Lipinski definition) is 5. The van der Waals surface area contributed by atoms with Gasteiger partial charge in [-0.3, -0.25) is 4.79 Å². The Morgan fingerprint density at radius 3 is 2.53 bits per heavy atom. The standard InChI is InChI=1S/C21H26FN5O3/c1-13-5-6-15(27-23-8-9-24-27)17(18(13)22)19(28)25-10-7-14-11-26(16(14)12-25)20(29)30-21(2,3)4/h5-6,8-9,14,16H,7,10-12H2,1-4H3/t14-,16-/m0/s1. The summed E-state index contributed by atoms with van der Waals surface area (Å²) in [5, 5.41) is 8.10. The van der Waals surface area contributed by atoms with Crippen LogP contribution in [0.5, 0.6) is 0 Å². The van der Waals surface area contributed by atoms with E-state index >= 15 is 4.39 Å². The number of carbonyl (C=O) groups is 2. The molecule has 160 valence electrons. The van der Waals surface area contributed by atoms with Crippen molar-refractivity contribution in [1.29, 1.82) is 0 Å². The lowest BCUT2D eigenvalue weighted by atomic mass is 9.82. The Morgan fingerprint density at radius 1 is 1.17 bits per heavy atom. The van der Waals surface area contributed by atoms with Crippen LogP contribution in [0, 0.1) is 18.7 Å². The third-order valence-corrected chi connectivity index (χ3v) is 5.63. The predicted molar refractivity (Wildman–Crippen MR) is 107 cm³/mol. The second-order valence-corrected chi connectivity index (χ2v) is 8.91. The van der Waals surface area contributed by atoms with Gasteiger partial charge in [0.1, 0.15) is 22.7 Å². The first-order chi connectivity index (χ1) is 14.2. The van der Waals surface area contributed by atoms with Crippen molar-refractivity contribution >= 4 is 12.0 Å². The Balaban J connectivity index is 1.57. The number of fused-ring (bicyclic) bond motifs is 1. The monoisotopic (exact) mass is 415 g/mol. The third kappa shape index (κ3) is 3.64. The van der Waals surface area contributed by atoms with Gasteiger partial charge in [0.2, 0.25) is 0 Å². The first-order valence-corrected chi connectivity index (χ1v) is 10.1. The molecule has 2 atom stereocenters. The fourth-order valence-corrected chi connectivity index (χ4v) is 4.05. The van der Waals surface area contributed by atoms with Crippen LogP contribution in [0.4, 0.5) is 9.18 Å². The Labute approximate surface area is 174 Å². The maximum absolute atomic E-state index is 15.0. The van der Waals surface area contributed by atoms with Crippen LogP contribution in [0.1, 0.15) is 43.1 Å². The smallest absolute Gasteiger partial charge is 0.410 e. The van der Waals surface area contributed by atoms with Crippen molar-refractivity contribution in [2.75, 3.05) is 19.6 Å². The molecule has 0 radical (unpaired) electrons. The lowest BCUT2D eigenvalue weighted by Crippen LogP contribution is -2.66. The van der Waals surface area contributed by atoms with Gasteiger partial charge >= 0.3 is 6.09 Å². The van der Waals surface area contributed by atoms with E-state index in [0.717, 1.165) is 6.42 Å². The van der Waals surface area contributed by atoms with Crippen molar-refractivity contribution in [3.63, 3.8) is 0 Å².